The molecule has 8 heteroatoms. The number of hydrogen-bond donors (Lipinski definition) is 0. The molecule has 0 aliphatic rings. The molecule has 0 saturated heterocycles. The first kappa shape index (κ1) is 28.4. The second-order valence-corrected chi connectivity index (χ2v) is 10.7. The molecule has 0 fully saturated rings. The molecule has 4 aromatic rings. The predicted octanol–water partition coefficient (Wildman–Crippen LogP) is 7.33. The fourth-order valence-corrected chi connectivity index (χ4v) is 4.79. The van der Waals surface area contributed by atoms with Crippen LogP contribution in [-0.2, 0) is 0 Å². The third kappa shape index (κ3) is 5.86. The highest BCUT2D eigenvalue weighted by Crippen LogP contribution is 2.36. The maximum atomic E-state index is 13.8. The largest absolute Gasteiger partial charge is 0.496 e. The summed E-state index contributed by atoms with van der Waals surface area (Å²) in [6.07, 6.45) is 2.40. The molecule has 7 nitrogen and oxygen atoms in total. The molecular weight excluding hydrogens is 558 g/mol. The Labute approximate surface area is 237 Å². The van der Waals surface area contributed by atoms with Crippen molar-refractivity contribution < 1.29 is 14.2 Å². The highest BCUT2D eigenvalue weighted by molar-refractivity contribution is 9.10. The lowest BCUT2D eigenvalue weighted by Gasteiger charge is -2.18. The fraction of sp³-hybridized carbons (Fsp3) is 0.323. The van der Waals surface area contributed by atoms with Gasteiger partial charge in [-0.05, 0) is 73.7 Å². The first-order valence-corrected chi connectivity index (χ1v) is 13.8. The normalized spacial score (nSPS) is 12.3. The quantitative estimate of drug-likeness (QED) is 0.190. The molecule has 0 aliphatic carbocycles. The summed E-state index contributed by atoms with van der Waals surface area (Å²) in [5.41, 5.74) is 3.77. The molecule has 3 aromatic carbocycles. The van der Waals surface area contributed by atoms with Gasteiger partial charge in [-0.1, -0.05) is 48.8 Å². The summed E-state index contributed by atoms with van der Waals surface area (Å²) in [4.78, 5) is 18.7. The number of para-hydroxylation sites is 1. The van der Waals surface area contributed by atoms with Gasteiger partial charge in [-0.15, -0.1) is 0 Å². The van der Waals surface area contributed by atoms with E-state index in [0.29, 0.717) is 33.8 Å². The molecule has 1 aromatic heterocycles. The van der Waals surface area contributed by atoms with Gasteiger partial charge in [0.05, 0.1) is 37.4 Å². The van der Waals surface area contributed by atoms with Crippen LogP contribution in [0.3, 0.4) is 0 Å². The van der Waals surface area contributed by atoms with Gasteiger partial charge in [0.15, 0.2) is 17.3 Å². The van der Waals surface area contributed by atoms with E-state index in [9.17, 15) is 4.79 Å². The average Bonchev–Trinajstić information content (AvgIpc) is 2.92. The van der Waals surface area contributed by atoms with E-state index in [1.807, 2.05) is 56.3 Å². The Bertz CT molecular complexity index is 1590. The van der Waals surface area contributed by atoms with Crippen LogP contribution in [-0.4, -0.2) is 36.2 Å². The van der Waals surface area contributed by atoms with Crippen LogP contribution in [0.25, 0.3) is 22.3 Å². The number of nitrogens with zero attached hydrogens (tertiary/aromatic N) is 3. The van der Waals surface area contributed by atoms with Gasteiger partial charge in [0.2, 0.25) is 0 Å². The number of aromatic nitrogens is 2. The average molecular weight is 593 g/mol. The van der Waals surface area contributed by atoms with E-state index in [-0.39, 0.29) is 17.6 Å². The maximum absolute atomic E-state index is 13.8. The number of benzene rings is 3. The first-order valence-electron chi connectivity index (χ1n) is 13.0. The Hall–Kier alpha value is -3.65. The number of aryl methyl sites for hydroxylation is 1. The number of ether oxygens (including phenoxy) is 3. The van der Waals surface area contributed by atoms with Crippen LogP contribution in [0, 0.1) is 6.92 Å². The number of hydrogen-bond acceptors (Lipinski definition) is 6. The molecule has 4 rings (SSSR count). The van der Waals surface area contributed by atoms with Gasteiger partial charge in [0.1, 0.15) is 5.75 Å². The minimum absolute atomic E-state index is 0.0377. The van der Waals surface area contributed by atoms with Crippen molar-refractivity contribution in [1.82, 2.24) is 9.66 Å². The summed E-state index contributed by atoms with van der Waals surface area (Å²) < 4.78 is 19.6. The van der Waals surface area contributed by atoms with Crippen LogP contribution in [0.4, 0.5) is 0 Å². The standard InChI is InChI=1S/C31H34BrN3O4/c1-8-20(5)39-29-21(14-22(32)15-28(29)38-7)17-33-35-30(34-26-12-10-9-11-23(26)31(35)36)25-16-24(18(2)3)27(37-6)13-19(25)4/h9-18,20H,8H2,1-7H3/t20-/m1/s1. The summed E-state index contributed by atoms with van der Waals surface area (Å²) in [6.45, 7) is 10.2. The molecule has 0 saturated carbocycles. The van der Waals surface area contributed by atoms with Crippen molar-refractivity contribution in [3.63, 3.8) is 0 Å². The van der Waals surface area contributed by atoms with Crippen molar-refractivity contribution >= 4 is 33.0 Å². The maximum Gasteiger partial charge on any atom is 0.282 e. The van der Waals surface area contributed by atoms with Crippen LogP contribution >= 0.6 is 15.9 Å². The van der Waals surface area contributed by atoms with E-state index in [4.69, 9.17) is 24.3 Å². The zero-order chi connectivity index (χ0) is 28.3. The highest BCUT2D eigenvalue weighted by atomic mass is 79.9. The molecule has 1 heterocycles. The number of methoxy groups -OCH3 is 2. The van der Waals surface area contributed by atoms with Crippen LogP contribution in [0.5, 0.6) is 17.2 Å². The Morgan fingerprint density at radius 1 is 1.05 bits per heavy atom. The second-order valence-electron chi connectivity index (χ2n) is 9.74. The van der Waals surface area contributed by atoms with E-state index in [2.05, 4.69) is 36.7 Å². The zero-order valence-electron chi connectivity index (χ0n) is 23.4. The van der Waals surface area contributed by atoms with Crippen LogP contribution in [0.1, 0.15) is 56.7 Å². The van der Waals surface area contributed by atoms with Crippen LogP contribution in [0.2, 0.25) is 0 Å². The molecule has 0 radical (unpaired) electrons. The predicted molar refractivity (Wildman–Crippen MR) is 161 cm³/mol. The summed E-state index contributed by atoms with van der Waals surface area (Å²) in [6, 6.07) is 15.1. The molecule has 0 N–H and O–H groups in total. The second kappa shape index (κ2) is 12.0. The van der Waals surface area contributed by atoms with Crippen molar-refractivity contribution in [2.45, 2.75) is 53.1 Å². The molecule has 204 valence electrons. The lowest BCUT2D eigenvalue weighted by atomic mass is 9.96. The smallest absolute Gasteiger partial charge is 0.282 e. The summed E-state index contributed by atoms with van der Waals surface area (Å²) in [7, 11) is 3.26. The third-order valence-corrected chi connectivity index (χ3v) is 7.13. The number of halogens is 1. The van der Waals surface area contributed by atoms with Gasteiger partial charge in [-0.3, -0.25) is 4.79 Å². The lowest BCUT2D eigenvalue weighted by Crippen LogP contribution is -2.21. The van der Waals surface area contributed by atoms with Gasteiger partial charge in [0.25, 0.3) is 5.56 Å². The van der Waals surface area contributed by atoms with E-state index in [1.165, 1.54) is 4.68 Å². The summed E-state index contributed by atoms with van der Waals surface area (Å²) in [5, 5.41) is 5.18. The molecule has 0 aliphatic heterocycles. The lowest BCUT2D eigenvalue weighted by molar-refractivity contribution is 0.207. The van der Waals surface area contributed by atoms with Gasteiger partial charge in [0, 0.05) is 15.6 Å². The summed E-state index contributed by atoms with van der Waals surface area (Å²) in [5.74, 6) is 2.59. The molecule has 0 bridgehead atoms. The van der Waals surface area contributed by atoms with Gasteiger partial charge < -0.3 is 14.2 Å². The van der Waals surface area contributed by atoms with Gasteiger partial charge in [-0.2, -0.15) is 9.78 Å². The minimum atomic E-state index is -0.264. The molecule has 39 heavy (non-hydrogen) atoms. The van der Waals surface area contributed by atoms with Gasteiger partial charge in [-0.25, -0.2) is 4.98 Å². The summed E-state index contributed by atoms with van der Waals surface area (Å²) >= 11 is 3.55. The van der Waals surface area contributed by atoms with Crippen LogP contribution < -0.4 is 19.8 Å². The zero-order valence-corrected chi connectivity index (χ0v) is 25.0. The van der Waals surface area contributed by atoms with Crippen molar-refractivity contribution in [3.05, 3.63) is 80.0 Å². The molecule has 1 atom stereocenters. The van der Waals surface area contributed by atoms with E-state index >= 15 is 0 Å². The SMILES string of the molecule is CC[C@@H](C)Oc1c(C=Nn2c(-c3cc(C(C)C)c(OC)cc3C)nc3ccccc3c2=O)cc(Br)cc1OC. The number of rotatable bonds is 9. The Kier molecular flexibility index (Phi) is 8.75. The first-order chi connectivity index (χ1) is 18.7. The Morgan fingerprint density at radius 3 is 2.44 bits per heavy atom. The topological polar surface area (TPSA) is 74.9 Å². The Balaban J connectivity index is 1.99. The minimum Gasteiger partial charge on any atom is -0.496 e. The Morgan fingerprint density at radius 2 is 1.77 bits per heavy atom. The van der Waals surface area contributed by atoms with E-state index in [1.54, 1.807) is 26.5 Å². The van der Waals surface area contributed by atoms with Crippen LogP contribution in [0.15, 0.2) is 62.9 Å². The van der Waals surface area contributed by atoms with E-state index < -0.39 is 0 Å². The third-order valence-electron chi connectivity index (χ3n) is 6.67. The van der Waals surface area contributed by atoms with Crippen molar-refractivity contribution in [3.8, 4) is 28.6 Å². The molecule has 0 spiro atoms. The van der Waals surface area contributed by atoms with Crippen molar-refractivity contribution in [1.29, 1.82) is 0 Å². The van der Waals surface area contributed by atoms with Crippen molar-refractivity contribution in [2.24, 2.45) is 5.10 Å². The fourth-order valence-electron chi connectivity index (χ4n) is 4.34. The monoisotopic (exact) mass is 591 g/mol. The number of fused-ring (bicyclic) bond motifs is 1. The highest BCUT2D eigenvalue weighted by Gasteiger charge is 2.19. The van der Waals surface area contributed by atoms with Crippen molar-refractivity contribution in [2.75, 3.05) is 14.2 Å². The van der Waals surface area contributed by atoms with Gasteiger partial charge >= 0.3 is 0 Å². The molecular formula is C31H34BrN3O4. The molecule has 0 unspecified atom stereocenters. The molecule has 0 amide bonds. The van der Waals surface area contributed by atoms with E-state index in [0.717, 1.165) is 33.3 Å².